The van der Waals surface area contributed by atoms with Crippen molar-refractivity contribution in [2.75, 3.05) is 17.2 Å². The molecule has 9 heteroatoms. The Bertz CT molecular complexity index is 1350. The van der Waals surface area contributed by atoms with E-state index in [1.807, 2.05) is 30.3 Å². The average Bonchev–Trinajstić information content (AvgIpc) is 2.80. The van der Waals surface area contributed by atoms with Gasteiger partial charge in [-0.1, -0.05) is 60.7 Å². The molecule has 4 rings (SSSR count). The third-order valence-corrected chi connectivity index (χ3v) is 4.91. The predicted molar refractivity (Wildman–Crippen MR) is 120 cm³/mol. The number of halogens is 3. The second-order valence-corrected chi connectivity index (χ2v) is 7.31. The van der Waals surface area contributed by atoms with E-state index >= 15 is 0 Å². The molecule has 0 unspecified atom stereocenters. The summed E-state index contributed by atoms with van der Waals surface area (Å²) >= 11 is 0. The van der Waals surface area contributed by atoms with Crippen LogP contribution in [0.2, 0.25) is 0 Å². The van der Waals surface area contributed by atoms with Crippen molar-refractivity contribution < 1.29 is 18.0 Å². The highest BCUT2D eigenvalue weighted by atomic mass is 19.4. The van der Waals surface area contributed by atoms with Crippen LogP contribution in [0.1, 0.15) is 16.1 Å². The zero-order valence-electron chi connectivity index (χ0n) is 17.3. The number of anilines is 2. The van der Waals surface area contributed by atoms with Gasteiger partial charge >= 0.3 is 6.18 Å². The second kappa shape index (κ2) is 9.15. The van der Waals surface area contributed by atoms with E-state index in [1.165, 1.54) is 16.8 Å². The molecule has 0 bridgehead atoms. The van der Waals surface area contributed by atoms with E-state index < -0.39 is 18.6 Å². The van der Waals surface area contributed by atoms with Crippen molar-refractivity contribution >= 4 is 28.1 Å². The Morgan fingerprint density at radius 2 is 1.45 bits per heavy atom. The number of nitrogens with one attached hydrogen (secondary N) is 2. The molecule has 3 aromatic carbocycles. The first-order valence-electron chi connectivity index (χ1n) is 10.1. The molecule has 0 spiro atoms. The summed E-state index contributed by atoms with van der Waals surface area (Å²) in [6, 6.07) is 21.9. The maximum Gasteiger partial charge on any atom is 0.405 e. The SMILES string of the molecule is O=C(Nc1ccccc1NCC(F)(F)F)c1nn(Cc2ccccc2)c(=O)c2ccccc12. The molecule has 33 heavy (non-hydrogen) atoms. The molecule has 1 amide bonds. The van der Waals surface area contributed by atoms with Crippen LogP contribution in [0.3, 0.4) is 0 Å². The number of rotatable bonds is 6. The summed E-state index contributed by atoms with van der Waals surface area (Å²) in [4.78, 5) is 26.1. The number of aromatic nitrogens is 2. The highest BCUT2D eigenvalue weighted by molar-refractivity contribution is 6.12. The lowest BCUT2D eigenvalue weighted by atomic mass is 10.1. The summed E-state index contributed by atoms with van der Waals surface area (Å²) in [5, 5.41) is 9.87. The first kappa shape index (κ1) is 22.1. The Kier molecular flexibility index (Phi) is 6.12. The molecule has 6 nitrogen and oxygen atoms in total. The molecule has 0 radical (unpaired) electrons. The van der Waals surface area contributed by atoms with Crippen LogP contribution < -0.4 is 16.2 Å². The molecule has 4 aromatic rings. The van der Waals surface area contributed by atoms with Gasteiger partial charge < -0.3 is 10.6 Å². The van der Waals surface area contributed by atoms with Gasteiger partial charge in [0, 0.05) is 5.39 Å². The smallest absolute Gasteiger partial charge is 0.375 e. The van der Waals surface area contributed by atoms with Crippen molar-refractivity contribution in [2.24, 2.45) is 0 Å². The van der Waals surface area contributed by atoms with E-state index in [9.17, 15) is 22.8 Å². The van der Waals surface area contributed by atoms with Crippen LogP contribution in [0, 0.1) is 0 Å². The largest absolute Gasteiger partial charge is 0.405 e. The monoisotopic (exact) mass is 452 g/mol. The molecule has 0 saturated heterocycles. The van der Waals surface area contributed by atoms with E-state index in [1.54, 1.807) is 36.4 Å². The van der Waals surface area contributed by atoms with E-state index in [0.29, 0.717) is 10.8 Å². The fraction of sp³-hybridized carbons (Fsp3) is 0.125. The van der Waals surface area contributed by atoms with Crippen molar-refractivity contribution in [3.05, 3.63) is 100 Å². The molecule has 0 aliphatic rings. The quantitative estimate of drug-likeness (QED) is 0.446. The van der Waals surface area contributed by atoms with Crippen LogP contribution in [0.25, 0.3) is 10.8 Å². The number of benzene rings is 3. The zero-order valence-corrected chi connectivity index (χ0v) is 17.3. The molecule has 0 atom stereocenters. The summed E-state index contributed by atoms with van der Waals surface area (Å²) in [5.41, 5.74) is 0.754. The van der Waals surface area contributed by atoms with E-state index in [0.717, 1.165) is 5.56 Å². The summed E-state index contributed by atoms with van der Waals surface area (Å²) in [6.07, 6.45) is -4.41. The number of para-hydroxylation sites is 2. The first-order chi connectivity index (χ1) is 15.8. The number of carbonyl (C=O) groups is 1. The summed E-state index contributed by atoms with van der Waals surface area (Å²) in [5.74, 6) is -0.644. The Morgan fingerprint density at radius 3 is 2.15 bits per heavy atom. The number of hydrogen-bond acceptors (Lipinski definition) is 4. The van der Waals surface area contributed by atoms with Gasteiger partial charge in [-0.05, 0) is 23.8 Å². The maximum atomic E-state index is 13.2. The third-order valence-electron chi connectivity index (χ3n) is 4.91. The van der Waals surface area contributed by atoms with Crippen LogP contribution in [0.15, 0.2) is 83.7 Å². The lowest BCUT2D eigenvalue weighted by molar-refractivity contribution is -0.115. The van der Waals surface area contributed by atoms with E-state index in [2.05, 4.69) is 15.7 Å². The summed E-state index contributed by atoms with van der Waals surface area (Å²) in [7, 11) is 0. The Labute approximate surface area is 186 Å². The highest BCUT2D eigenvalue weighted by Crippen LogP contribution is 2.25. The second-order valence-electron chi connectivity index (χ2n) is 7.31. The first-order valence-corrected chi connectivity index (χ1v) is 10.1. The van der Waals surface area contributed by atoms with Gasteiger partial charge in [0.25, 0.3) is 11.5 Å². The van der Waals surface area contributed by atoms with Gasteiger partial charge in [-0.2, -0.15) is 18.3 Å². The van der Waals surface area contributed by atoms with Crippen LogP contribution in [0.4, 0.5) is 24.5 Å². The van der Waals surface area contributed by atoms with Gasteiger partial charge in [0.15, 0.2) is 5.69 Å². The predicted octanol–water partition coefficient (Wildman–Crippen LogP) is 4.67. The zero-order chi connectivity index (χ0) is 23.4. The van der Waals surface area contributed by atoms with Crippen LogP contribution in [-0.4, -0.2) is 28.4 Å². The lowest BCUT2D eigenvalue weighted by Crippen LogP contribution is -2.28. The number of hydrogen-bond donors (Lipinski definition) is 2. The highest BCUT2D eigenvalue weighted by Gasteiger charge is 2.27. The topological polar surface area (TPSA) is 76.0 Å². The van der Waals surface area contributed by atoms with Crippen molar-refractivity contribution in [3.63, 3.8) is 0 Å². The number of amides is 1. The number of nitrogens with zero attached hydrogens (tertiary/aromatic N) is 2. The third kappa shape index (κ3) is 5.20. The Hall–Kier alpha value is -4.14. The van der Waals surface area contributed by atoms with Crippen LogP contribution in [-0.2, 0) is 6.54 Å². The Morgan fingerprint density at radius 1 is 0.848 bits per heavy atom. The molecule has 1 heterocycles. The summed E-state index contributed by atoms with van der Waals surface area (Å²) < 4.78 is 39.1. The van der Waals surface area contributed by atoms with Crippen molar-refractivity contribution in [2.45, 2.75) is 12.7 Å². The number of fused-ring (bicyclic) bond motifs is 1. The lowest BCUT2D eigenvalue weighted by Gasteiger charge is -2.15. The number of alkyl halides is 3. The van der Waals surface area contributed by atoms with Crippen LogP contribution in [0.5, 0.6) is 0 Å². The van der Waals surface area contributed by atoms with Gasteiger partial charge in [0.1, 0.15) is 6.54 Å². The molecule has 0 saturated carbocycles. The van der Waals surface area contributed by atoms with Gasteiger partial charge in [-0.3, -0.25) is 9.59 Å². The van der Waals surface area contributed by atoms with Gasteiger partial charge in [0.05, 0.1) is 23.3 Å². The van der Waals surface area contributed by atoms with Crippen molar-refractivity contribution in [1.29, 1.82) is 0 Å². The molecule has 168 valence electrons. The summed E-state index contributed by atoms with van der Waals surface area (Å²) in [6.45, 7) is -1.09. The fourth-order valence-corrected chi connectivity index (χ4v) is 3.39. The van der Waals surface area contributed by atoms with Gasteiger partial charge in [0.2, 0.25) is 0 Å². The fourth-order valence-electron chi connectivity index (χ4n) is 3.39. The van der Waals surface area contributed by atoms with Crippen molar-refractivity contribution in [3.8, 4) is 0 Å². The minimum Gasteiger partial charge on any atom is -0.375 e. The minimum absolute atomic E-state index is 0.00763. The van der Waals surface area contributed by atoms with Gasteiger partial charge in [-0.15, -0.1) is 0 Å². The Balaban J connectivity index is 1.70. The molecule has 1 aromatic heterocycles. The molecular weight excluding hydrogens is 433 g/mol. The van der Waals surface area contributed by atoms with Crippen LogP contribution >= 0.6 is 0 Å². The van der Waals surface area contributed by atoms with E-state index in [4.69, 9.17) is 0 Å². The molecule has 0 aliphatic carbocycles. The molecular formula is C24H19F3N4O2. The van der Waals surface area contributed by atoms with E-state index in [-0.39, 0.29) is 29.2 Å². The standard InChI is InChI=1S/C24H19F3N4O2/c25-24(26,27)15-28-19-12-6-7-13-20(19)29-22(32)21-17-10-4-5-11-18(17)23(33)31(30-21)14-16-8-2-1-3-9-16/h1-13,28H,14-15H2,(H,29,32). The van der Waals surface area contributed by atoms with Gasteiger partial charge in [-0.25, -0.2) is 4.68 Å². The molecule has 2 N–H and O–H groups in total. The minimum atomic E-state index is -4.41. The maximum absolute atomic E-state index is 13.2. The molecule has 0 fully saturated rings. The normalized spacial score (nSPS) is 11.4. The molecule has 0 aliphatic heterocycles. The number of carbonyl (C=O) groups excluding carboxylic acids is 1. The average molecular weight is 452 g/mol. The van der Waals surface area contributed by atoms with Crippen molar-refractivity contribution in [1.82, 2.24) is 9.78 Å².